The van der Waals surface area contributed by atoms with Crippen molar-refractivity contribution >= 4 is 5.96 Å². The van der Waals surface area contributed by atoms with Crippen molar-refractivity contribution in [2.45, 2.75) is 13.0 Å². The van der Waals surface area contributed by atoms with Crippen LogP contribution < -0.4 is 15.4 Å². The first-order valence-electron chi connectivity index (χ1n) is 9.61. The Bertz CT molecular complexity index is 755. The average Bonchev–Trinajstić information content (AvgIpc) is 2.72. The molecule has 0 unspecified atom stereocenters. The summed E-state index contributed by atoms with van der Waals surface area (Å²) < 4.78 is 23.8. The molecule has 0 spiro atoms. The Labute approximate surface area is 172 Å². The number of aromatic nitrogens is 1. The molecule has 0 radical (unpaired) electrons. The fourth-order valence-electron chi connectivity index (χ4n) is 2.59. The molecule has 0 saturated carbocycles. The van der Waals surface area contributed by atoms with Gasteiger partial charge in [0.25, 0.3) is 0 Å². The van der Waals surface area contributed by atoms with E-state index in [-0.39, 0.29) is 5.82 Å². The lowest BCUT2D eigenvalue weighted by atomic mass is 10.3. The lowest BCUT2D eigenvalue weighted by Gasteiger charge is -2.18. The summed E-state index contributed by atoms with van der Waals surface area (Å²) >= 11 is 0. The summed E-state index contributed by atoms with van der Waals surface area (Å²) in [4.78, 5) is 10.7. The molecule has 7 nitrogen and oxygen atoms in total. The van der Waals surface area contributed by atoms with E-state index in [4.69, 9.17) is 9.47 Å². The number of hydrogen-bond donors (Lipinski definition) is 2. The van der Waals surface area contributed by atoms with Crippen LogP contribution in [-0.2, 0) is 11.3 Å². The van der Waals surface area contributed by atoms with Crippen molar-refractivity contribution in [1.29, 1.82) is 0 Å². The average molecular weight is 404 g/mol. The second kappa shape index (κ2) is 12.7. The number of pyridine rings is 1. The number of ether oxygens (including phenoxy) is 2. The van der Waals surface area contributed by atoms with Gasteiger partial charge < -0.3 is 25.0 Å². The molecule has 1 aromatic carbocycles. The molecule has 1 aromatic heterocycles. The fourth-order valence-corrected chi connectivity index (χ4v) is 2.59. The molecule has 158 valence electrons. The van der Waals surface area contributed by atoms with Crippen LogP contribution in [0.2, 0.25) is 0 Å². The third-order valence-electron chi connectivity index (χ3n) is 4.17. The number of likely N-dealkylation sites (N-methyl/N-ethyl adjacent to an activating group) is 1. The van der Waals surface area contributed by atoms with Crippen LogP contribution >= 0.6 is 0 Å². The van der Waals surface area contributed by atoms with Crippen LogP contribution in [0.15, 0.2) is 47.6 Å². The van der Waals surface area contributed by atoms with Gasteiger partial charge in [0.05, 0.1) is 0 Å². The number of halogens is 1. The predicted molar refractivity (Wildman–Crippen MR) is 113 cm³/mol. The van der Waals surface area contributed by atoms with Crippen LogP contribution in [0, 0.1) is 5.82 Å². The first-order valence-corrected chi connectivity index (χ1v) is 9.61. The number of hydrogen-bond acceptors (Lipinski definition) is 5. The number of rotatable bonds is 11. The molecule has 0 aliphatic rings. The predicted octanol–water partition coefficient (Wildman–Crippen LogP) is 2.65. The number of nitrogens with zero attached hydrogens (tertiary/aromatic N) is 3. The van der Waals surface area contributed by atoms with E-state index in [0.717, 1.165) is 44.2 Å². The largest absolute Gasteiger partial charge is 0.439 e. The molecule has 0 fully saturated rings. The van der Waals surface area contributed by atoms with Gasteiger partial charge in [0.2, 0.25) is 5.88 Å². The van der Waals surface area contributed by atoms with Gasteiger partial charge in [0.15, 0.2) is 5.96 Å². The zero-order valence-corrected chi connectivity index (χ0v) is 17.3. The van der Waals surface area contributed by atoms with Gasteiger partial charge in [-0.25, -0.2) is 9.37 Å². The minimum atomic E-state index is -0.344. The molecule has 8 heteroatoms. The fraction of sp³-hybridized carbons (Fsp3) is 0.429. The van der Waals surface area contributed by atoms with Crippen LogP contribution in [0.4, 0.5) is 4.39 Å². The number of aliphatic imine (C=N–C) groups is 1. The highest BCUT2D eigenvalue weighted by Gasteiger charge is 2.03. The molecule has 2 rings (SSSR count). The van der Waals surface area contributed by atoms with Crippen molar-refractivity contribution in [3.8, 4) is 11.6 Å². The molecule has 2 aromatic rings. The molecule has 0 bridgehead atoms. The summed E-state index contributed by atoms with van der Waals surface area (Å²) in [5.74, 6) is 1.22. The second-order valence-electron chi connectivity index (χ2n) is 6.57. The van der Waals surface area contributed by atoms with Crippen molar-refractivity contribution in [2.24, 2.45) is 4.99 Å². The van der Waals surface area contributed by atoms with Crippen molar-refractivity contribution in [3.63, 3.8) is 0 Å². The smallest absolute Gasteiger partial charge is 0.219 e. The Hall–Kier alpha value is -2.71. The number of methoxy groups -OCH3 is 1. The van der Waals surface area contributed by atoms with E-state index in [9.17, 15) is 4.39 Å². The molecular weight excluding hydrogens is 373 g/mol. The summed E-state index contributed by atoms with van der Waals surface area (Å²) in [5, 5.41) is 6.55. The van der Waals surface area contributed by atoms with Gasteiger partial charge in [-0.2, -0.15) is 0 Å². The minimum Gasteiger partial charge on any atom is -0.439 e. The normalized spacial score (nSPS) is 11.6. The monoisotopic (exact) mass is 403 g/mol. The van der Waals surface area contributed by atoms with Crippen LogP contribution in [0.1, 0.15) is 12.0 Å². The Balaban J connectivity index is 1.72. The standard InChI is InChI=1S/C21H30FN5O2/c1-23-21(24-10-12-27(2)11-5-13-28-3)26-16-17-8-9-20(25-15-17)29-19-7-4-6-18(22)14-19/h4,6-9,14-15H,5,10-13,16H2,1-3H3,(H2,23,24,26). The van der Waals surface area contributed by atoms with Gasteiger partial charge in [-0.3, -0.25) is 4.99 Å². The van der Waals surface area contributed by atoms with Gasteiger partial charge in [0.1, 0.15) is 11.6 Å². The van der Waals surface area contributed by atoms with Crippen molar-refractivity contribution in [3.05, 3.63) is 54.0 Å². The molecular formula is C21H30FN5O2. The zero-order valence-electron chi connectivity index (χ0n) is 17.3. The third kappa shape index (κ3) is 8.89. The summed E-state index contributed by atoms with van der Waals surface area (Å²) in [6.07, 6.45) is 2.74. The van der Waals surface area contributed by atoms with E-state index >= 15 is 0 Å². The second-order valence-corrected chi connectivity index (χ2v) is 6.57. The lowest BCUT2D eigenvalue weighted by molar-refractivity contribution is 0.180. The van der Waals surface area contributed by atoms with E-state index in [0.29, 0.717) is 18.2 Å². The quantitative estimate of drug-likeness (QED) is 0.342. The Morgan fingerprint density at radius 3 is 2.76 bits per heavy atom. The van der Waals surface area contributed by atoms with Gasteiger partial charge in [-0.15, -0.1) is 0 Å². The van der Waals surface area contributed by atoms with Gasteiger partial charge in [0, 0.05) is 65.3 Å². The molecule has 0 atom stereocenters. The van der Waals surface area contributed by atoms with Gasteiger partial charge in [-0.05, 0) is 31.2 Å². The molecule has 0 aliphatic carbocycles. The Morgan fingerprint density at radius 1 is 1.21 bits per heavy atom. The van der Waals surface area contributed by atoms with E-state index in [1.54, 1.807) is 38.6 Å². The number of benzene rings is 1. The summed E-state index contributed by atoms with van der Waals surface area (Å²) in [5.41, 5.74) is 0.983. The highest BCUT2D eigenvalue weighted by atomic mass is 19.1. The number of guanidine groups is 1. The molecule has 1 heterocycles. The summed E-state index contributed by atoms with van der Waals surface area (Å²) in [7, 11) is 5.55. The molecule has 2 N–H and O–H groups in total. The molecule has 0 saturated heterocycles. The van der Waals surface area contributed by atoms with Crippen molar-refractivity contribution in [1.82, 2.24) is 20.5 Å². The van der Waals surface area contributed by atoms with Crippen LogP contribution in [-0.4, -0.2) is 63.3 Å². The maximum absolute atomic E-state index is 13.2. The highest BCUT2D eigenvalue weighted by molar-refractivity contribution is 5.79. The van der Waals surface area contributed by atoms with E-state index < -0.39 is 0 Å². The molecule has 0 aliphatic heterocycles. The first kappa shape index (κ1) is 22.6. The third-order valence-corrected chi connectivity index (χ3v) is 4.17. The van der Waals surface area contributed by atoms with E-state index in [1.165, 1.54) is 12.1 Å². The summed E-state index contributed by atoms with van der Waals surface area (Å²) in [6, 6.07) is 9.64. The van der Waals surface area contributed by atoms with Gasteiger partial charge >= 0.3 is 0 Å². The first-order chi connectivity index (χ1) is 14.1. The topological polar surface area (TPSA) is 71.0 Å². The SMILES string of the molecule is CN=C(NCCN(C)CCCOC)NCc1ccc(Oc2cccc(F)c2)nc1. The highest BCUT2D eigenvalue weighted by Crippen LogP contribution is 2.19. The van der Waals surface area contributed by atoms with Crippen molar-refractivity contribution in [2.75, 3.05) is 47.4 Å². The zero-order chi connectivity index (χ0) is 20.9. The van der Waals surface area contributed by atoms with Crippen molar-refractivity contribution < 1.29 is 13.9 Å². The van der Waals surface area contributed by atoms with Crippen LogP contribution in [0.25, 0.3) is 0 Å². The maximum atomic E-state index is 13.2. The Morgan fingerprint density at radius 2 is 2.07 bits per heavy atom. The minimum absolute atomic E-state index is 0.344. The molecule has 0 amide bonds. The molecule has 29 heavy (non-hydrogen) atoms. The lowest BCUT2D eigenvalue weighted by Crippen LogP contribution is -2.40. The van der Waals surface area contributed by atoms with Crippen LogP contribution in [0.5, 0.6) is 11.6 Å². The number of nitrogens with one attached hydrogen (secondary N) is 2. The van der Waals surface area contributed by atoms with E-state index in [1.807, 2.05) is 6.07 Å². The van der Waals surface area contributed by atoms with Gasteiger partial charge in [-0.1, -0.05) is 12.1 Å². The Kier molecular flexibility index (Phi) is 9.88. The van der Waals surface area contributed by atoms with E-state index in [2.05, 4.69) is 32.6 Å². The summed E-state index contributed by atoms with van der Waals surface area (Å²) in [6.45, 7) is 4.06. The maximum Gasteiger partial charge on any atom is 0.219 e. The van der Waals surface area contributed by atoms with Crippen LogP contribution in [0.3, 0.4) is 0 Å².